The number of aryl methyl sites for hydroxylation is 1. The van der Waals surface area contributed by atoms with Crippen LogP contribution >= 0.6 is 22.6 Å². The van der Waals surface area contributed by atoms with E-state index in [4.69, 9.17) is 9.42 Å². The molecule has 2 aliphatic heterocycles. The van der Waals surface area contributed by atoms with Crippen molar-refractivity contribution in [2.75, 3.05) is 0 Å². The van der Waals surface area contributed by atoms with E-state index >= 15 is 0 Å². The zero-order chi connectivity index (χ0) is 21.6. The summed E-state index contributed by atoms with van der Waals surface area (Å²) in [5, 5.41) is 1.12. The van der Waals surface area contributed by atoms with Gasteiger partial charge in [-0.1, -0.05) is 0 Å². The van der Waals surface area contributed by atoms with Crippen LogP contribution in [0.1, 0.15) is 33.3 Å². The third-order valence-electron chi connectivity index (χ3n) is 6.14. The predicted molar refractivity (Wildman–Crippen MR) is 133 cm³/mol. The van der Waals surface area contributed by atoms with Gasteiger partial charge in [0, 0.05) is 0 Å². The van der Waals surface area contributed by atoms with E-state index in [1.165, 1.54) is 9.14 Å². The number of carbonyl (C=O) groups is 1. The molecule has 7 heteroatoms. The molecule has 1 aromatic rings. The van der Waals surface area contributed by atoms with Crippen LogP contribution in [0.25, 0.3) is 0 Å². The predicted octanol–water partition coefficient (Wildman–Crippen LogP) is 5.67. The van der Waals surface area contributed by atoms with E-state index in [0.717, 1.165) is 15.7 Å². The van der Waals surface area contributed by atoms with Crippen LogP contribution < -0.4 is 0 Å². The van der Waals surface area contributed by atoms with Crippen LogP contribution in [0.5, 0.6) is 0 Å². The molecule has 0 radical (unpaired) electrons. The van der Waals surface area contributed by atoms with E-state index in [9.17, 15) is 4.79 Å². The summed E-state index contributed by atoms with van der Waals surface area (Å²) in [5.74, 6) is 0.0438. The Bertz CT molecular complexity index is 845. The molecule has 0 unspecified atom stereocenters. The molecule has 0 bridgehead atoms. The molecule has 2 heterocycles. The van der Waals surface area contributed by atoms with Gasteiger partial charge in [0.15, 0.2) is 0 Å². The topological polar surface area (TPSA) is 41.9 Å². The number of allylic oxidation sites excluding steroid dienone is 1. The van der Waals surface area contributed by atoms with E-state index in [0.29, 0.717) is 0 Å². The van der Waals surface area contributed by atoms with Crippen molar-refractivity contribution in [2.45, 2.75) is 70.2 Å². The molecular formula is C22H31IN2O2SeSi. The van der Waals surface area contributed by atoms with Crippen molar-refractivity contribution in [3.05, 3.63) is 39.5 Å². The Morgan fingerprint density at radius 3 is 2.48 bits per heavy atom. The van der Waals surface area contributed by atoms with Gasteiger partial charge < -0.3 is 0 Å². The van der Waals surface area contributed by atoms with Crippen LogP contribution in [0.2, 0.25) is 23.5 Å². The number of hydrogen-bond acceptors (Lipinski definition) is 3. The number of aliphatic imine (C=N–C) groups is 1. The van der Waals surface area contributed by atoms with Crippen LogP contribution in [0.3, 0.4) is 0 Å². The third kappa shape index (κ3) is 4.90. The molecule has 2 aliphatic rings. The number of nitrogens with zero attached hydrogens (tertiary/aromatic N) is 2. The molecule has 29 heavy (non-hydrogen) atoms. The van der Waals surface area contributed by atoms with Gasteiger partial charge in [0.2, 0.25) is 0 Å². The minimum absolute atomic E-state index is 0.0581. The molecule has 3 rings (SSSR count). The Balaban J connectivity index is 1.85. The number of rotatable bonds is 4. The van der Waals surface area contributed by atoms with E-state index in [-0.39, 0.29) is 44.0 Å². The molecule has 1 saturated heterocycles. The summed E-state index contributed by atoms with van der Waals surface area (Å²) in [6.07, 6.45) is 2.17. The van der Waals surface area contributed by atoms with Gasteiger partial charge in [0.05, 0.1) is 0 Å². The summed E-state index contributed by atoms with van der Waals surface area (Å²) < 4.78 is 8.86. The van der Waals surface area contributed by atoms with Crippen molar-refractivity contribution < 1.29 is 9.22 Å². The normalized spacial score (nSPS) is 25.2. The summed E-state index contributed by atoms with van der Waals surface area (Å²) in [7, 11) is -1.93. The number of hydrogen-bond donors (Lipinski definition) is 0. The fourth-order valence-corrected chi connectivity index (χ4v) is 7.84. The van der Waals surface area contributed by atoms with Crippen LogP contribution in [0, 0.1) is 12.8 Å². The molecule has 1 fully saturated rings. The molecular weight excluding hydrogens is 558 g/mol. The van der Waals surface area contributed by atoms with Crippen LogP contribution in [-0.2, 0) is 9.22 Å². The van der Waals surface area contributed by atoms with Gasteiger partial charge in [-0.3, -0.25) is 0 Å². The van der Waals surface area contributed by atoms with Crippen molar-refractivity contribution in [3.63, 3.8) is 0 Å². The molecule has 1 aromatic carbocycles. The third-order valence-corrected chi connectivity index (χ3v) is 14.7. The van der Waals surface area contributed by atoms with Gasteiger partial charge in [-0.25, -0.2) is 0 Å². The van der Waals surface area contributed by atoms with E-state index in [1.807, 2.05) is 17.0 Å². The second-order valence-electron chi connectivity index (χ2n) is 9.44. The van der Waals surface area contributed by atoms with Gasteiger partial charge in [-0.2, -0.15) is 0 Å². The van der Waals surface area contributed by atoms with Crippen molar-refractivity contribution in [1.29, 1.82) is 0 Å². The molecule has 3 atom stereocenters. The molecule has 1 amide bonds. The van der Waals surface area contributed by atoms with Crippen molar-refractivity contribution >= 4 is 62.2 Å². The van der Waals surface area contributed by atoms with E-state index < -0.39 is 8.32 Å². The summed E-state index contributed by atoms with van der Waals surface area (Å²) in [5.41, 5.74) is 2.14. The fourth-order valence-electron chi connectivity index (χ4n) is 3.38. The average Bonchev–Trinajstić information content (AvgIpc) is 2.72. The van der Waals surface area contributed by atoms with Gasteiger partial charge in [0.25, 0.3) is 0 Å². The number of carbonyl (C=O) groups excluding carboxylic acids is 1. The zero-order valence-corrected chi connectivity index (χ0v) is 23.2. The number of halogens is 1. The molecule has 0 aliphatic carbocycles. The van der Waals surface area contributed by atoms with Gasteiger partial charge in [-0.05, 0) is 0 Å². The summed E-state index contributed by atoms with van der Waals surface area (Å²) in [6.45, 7) is 15.4. The summed E-state index contributed by atoms with van der Waals surface area (Å²) in [6, 6.07) is 8.25. The number of amides is 1. The monoisotopic (exact) mass is 590 g/mol. The Morgan fingerprint density at radius 1 is 1.28 bits per heavy atom. The standard InChI is InChI=1S/C22H31IN2O2SeSi/c1-14-8-10-17(11-9-14)24-21-25-18(12-16(23)13-28-21)19(20(25)26)15(2)27-29(6,7)22(3,4)5/h8-12,15,18-19H,13H2,1-7H3/t15-,18-,19-/m1/s1. The first-order chi connectivity index (χ1) is 13.4. The Morgan fingerprint density at radius 2 is 1.90 bits per heavy atom. The Hall–Kier alpha value is -0.474. The molecule has 0 spiro atoms. The number of β-lactam (4-membered cyclic amide) rings is 1. The van der Waals surface area contributed by atoms with E-state index in [1.54, 1.807) is 0 Å². The van der Waals surface area contributed by atoms with Gasteiger partial charge in [0.1, 0.15) is 0 Å². The maximum atomic E-state index is 13.2. The molecule has 0 aromatic heterocycles. The van der Waals surface area contributed by atoms with Crippen LogP contribution in [0.4, 0.5) is 5.69 Å². The molecule has 0 saturated carbocycles. The molecule has 158 valence electrons. The Labute approximate surface area is 196 Å². The summed E-state index contributed by atoms with van der Waals surface area (Å²) >= 11 is 2.57. The summed E-state index contributed by atoms with van der Waals surface area (Å²) in [4.78, 5) is 20.1. The Kier molecular flexibility index (Phi) is 6.86. The molecule has 0 N–H and O–H groups in total. The number of benzene rings is 1. The van der Waals surface area contributed by atoms with Crippen LogP contribution in [-0.4, -0.2) is 51.0 Å². The quantitative estimate of drug-likeness (QED) is 0.258. The van der Waals surface area contributed by atoms with Crippen molar-refractivity contribution in [1.82, 2.24) is 4.90 Å². The van der Waals surface area contributed by atoms with Crippen molar-refractivity contribution in [2.24, 2.45) is 10.9 Å². The maximum absolute atomic E-state index is 13.2. The fraction of sp³-hybridized carbons (Fsp3) is 0.545. The average molecular weight is 589 g/mol. The molecule has 4 nitrogen and oxygen atoms in total. The van der Waals surface area contributed by atoms with Crippen molar-refractivity contribution in [3.8, 4) is 0 Å². The minimum atomic E-state index is -1.93. The second-order valence-corrected chi connectivity index (χ2v) is 17.6. The SMILES string of the molecule is Cc1ccc(N=C2[Se]CC(I)=C[C@@H]3[C@@H]([C@@H](C)O[Si](C)(C)C(C)(C)C)C(=O)N23)cc1. The second kappa shape index (κ2) is 8.58. The first-order valence-electron chi connectivity index (χ1n) is 10.1. The van der Waals surface area contributed by atoms with Gasteiger partial charge in [-0.15, -0.1) is 0 Å². The first-order valence-corrected chi connectivity index (χ1v) is 16.1. The van der Waals surface area contributed by atoms with Gasteiger partial charge >= 0.3 is 197 Å². The number of fused-ring (bicyclic) bond motifs is 1. The zero-order valence-electron chi connectivity index (χ0n) is 18.3. The van der Waals surface area contributed by atoms with Crippen LogP contribution in [0.15, 0.2) is 38.9 Å². The number of amidine groups is 1. The van der Waals surface area contributed by atoms with E-state index in [2.05, 4.69) is 88.5 Å². The first kappa shape index (κ1) is 23.2.